The second kappa shape index (κ2) is 7.31. The van der Waals surface area contributed by atoms with Crippen LogP contribution in [0.4, 0.5) is 4.39 Å². The molecule has 106 valence electrons. The highest BCUT2D eigenvalue weighted by Crippen LogP contribution is 2.26. The Morgan fingerprint density at radius 2 is 2.00 bits per heavy atom. The maximum Gasteiger partial charge on any atom is 0.165 e. The summed E-state index contributed by atoms with van der Waals surface area (Å²) < 4.78 is 18.5. The Bertz CT molecular complexity index is 574. The largest absolute Gasteiger partial charge is 0.494 e. The summed E-state index contributed by atoms with van der Waals surface area (Å²) in [5.41, 5.74) is 2.20. The maximum atomic E-state index is 13.6. The van der Waals surface area contributed by atoms with E-state index in [2.05, 4.69) is 23.5 Å². The molecular weight excluding hydrogens is 273 g/mol. The van der Waals surface area contributed by atoms with Crippen molar-refractivity contribution in [1.82, 2.24) is 5.32 Å². The van der Waals surface area contributed by atoms with Crippen LogP contribution in [-0.4, -0.2) is 14.2 Å². The first kappa shape index (κ1) is 14.9. The monoisotopic (exact) mass is 291 g/mol. The first-order chi connectivity index (χ1) is 9.72. The molecule has 2 aromatic carbocycles. The van der Waals surface area contributed by atoms with E-state index in [9.17, 15) is 4.39 Å². The van der Waals surface area contributed by atoms with Crippen molar-refractivity contribution in [2.24, 2.45) is 0 Å². The third kappa shape index (κ3) is 3.99. The molecule has 0 radical (unpaired) electrons. The van der Waals surface area contributed by atoms with E-state index >= 15 is 0 Å². The summed E-state index contributed by atoms with van der Waals surface area (Å²) in [6.07, 6.45) is 0. The topological polar surface area (TPSA) is 21.3 Å². The molecule has 1 N–H and O–H groups in total. The molecule has 2 rings (SSSR count). The second-order valence-corrected chi connectivity index (χ2v) is 5.48. The van der Waals surface area contributed by atoms with Crippen LogP contribution < -0.4 is 10.1 Å². The Balaban J connectivity index is 2.01. The van der Waals surface area contributed by atoms with Gasteiger partial charge in [-0.25, -0.2) is 4.39 Å². The van der Waals surface area contributed by atoms with Crippen molar-refractivity contribution in [1.29, 1.82) is 0 Å². The van der Waals surface area contributed by atoms with Crippen molar-refractivity contribution in [2.75, 3.05) is 14.2 Å². The highest BCUT2D eigenvalue weighted by molar-refractivity contribution is 7.98. The Kier molecular flexibility index (Phi) is 5.44. The fourth-order valence-corrected chi connectivity index (χ4v) is 2.84. The van der Waals surface area contributed by atoms with E-state index in [0.29, 0.717) is 0 Å². The van der Waals surface area contributed by atoms with Gasteiger partial charge in [-0.3, -0.25) is 0 Å². The van der Waals surface area contributed by atoms with Crippen molar-refractivity contribution < 1.29 is 9.13 Å². The average Bonchev–Trinajstić information content (AvgIpc) is 2.46. The number of hydrogen-bond donors (Lipinski definition) is 1. The molecule has 0 saturated heterocycles. The van der Waals surface area contributed by atoms with Crippen LogP contribution in [0.1, 0.15) is 11.1 Å². The standard InChI is InChI=1S/C16H18FNOS/c1-18-10-12-4-3-5-14(8-12)20-11-13-6-7-16(19-2)15(17)9-13/h3-9,18H,10-11H2,1-2H3. The minimum absolute atomic E-state index is 0.287. The molecule has 0 aliphatic carbocycles. The molecule has 0 atom stereocenters. The minimum atomic E-state index is -0.311. The predicted octanol–water partition coefficient (Wildman–Crippen LogP) is 3.85. The molecule has 2 nitrogen and oxygen atoms in total. The van der Waals surface area contributed by atoms with Gasteiger partial charge in [-0.15, -0.1) is 11.8 Å². The summed E-state index contributed by atoms with van der Waals surface area (Å²) in [6.45, 7) is 0.853. The molecule has 0 aliphatic heterocycles. The number of methoxy groups -OCH3 is 1. The van der Waals surface area contributed by atoms with Crippen molar-refractivity contribution in [3.63, 3.8) is 0 Å². The normalized spacial score (nSPS) is 10.6. The summed E-state index contributed by atoms with van der Waals surface area (Å²) in [5.74, 6) is 0.716. The molecule has 2 aromatic rings. The van der Waals surface area contributed by atoms with Crippen molar-refractivity contribution in [2.45, 2.75) is 17.2 Å². The molecule has 0 unspecified atom stereocenters. The molecule has 0 bridgehead atoms. The van der Waals surface area contributed by atoms with Gasteiger partial charge in [-0.2, -0.15) is 0 Å². The maximum absolute atomic E-state index is 13.6. The molecular formula is C16H18FNOS. The van der Waals surface area contributed by atoms with Crippen LogP contribution in [-0.2, 0) is 12.3 Å². The minimum Gasteiger partial charge on any atom is -0.494 e. The molecule has 4 heteroatoms. The van der Waals surface area contributed by atoms with Crippen molar-refractivity contribution in [3.8, 4) is 5.75 Å². The van der Waals surface area contributed by atoms with Crippen LogP contribution in [0.2, 0.25) is 0 Å². The van der Waals surface area contributed by atoms with Crippen molar-refractivity contribution >= 4 is 11.8 Å². The lowest BCUT2D eigenvalue weighted by atomic mass is 10.2. The third-order valence-electron chi connectivity index (χ3n) is 2.90. The van der Waals surface area contributed by atoms with E-state index in [4.69, 9.17) is 4.74 Å². The number of rotatable bonds is 6. The van der Waals surface area contributed by atoms with Crippen LogP contribution in [0.5, 0.6) is 5.75 Å². The van der Waals surface area contributed by atoms with Gasteiger partial charge in [0.15, 0.2) is 11.6 Å². The molecule has 20 heavy (non-hydrogen) atoms. The number of halogens is 1. The summed E-state index contributed by atoms with van der Waals surface area (Å²) >= 11 is 1.70. The zero-order valence-electron chi connectivity index (χ0n) is 11.7. The quantitative estimate of drug-likeness (QED) is 0.817. The highest BCUT2D eigenvalue weighted by atomic mass is 32.2. The fraction of sp³-hybridized carbons (Fsp3) is 0.250. The first-order valence-corrected chi connectivity index (χ1v) is 7.40. The van der Waals surface area contributed by atoms with Crippen LogP contribution in [0, 0.1) is 5.82 Å². The summed E-state index contributed by atoms with van der Waals surface area (Å²) in [7, 11) is 3.40. The van der Waals surface area contributed by atoms with Gasteiger partial charge in [0.05, 0.1) is 7.11 Å². The molecule has 0 heterocycles. The molecule has 0 fully saturated rings. The average molecular weight is 291 g/mol. The van der Waals surface area contributed by atoms with Gasteiger partial charge in [-0.05, 0) is 42.4 Å². The van der Waals surface area contributed by atoms with Gasteiger partial charge in [0, 0.05) is 17.2 Å². The van der Waals surface area contributed by atoms with Gasteiger partial charge in [0.25, 0.3) is 0 Å². The lowest BCUT2D eigenvalue weighted by Gasteiger charge is -2.07. The van der Waals surface area contributed by atoms with Crippen LogP contribution in [0.25, 0.3) is 0 Å². The van der Waals surface area contributed by atoms with Gasteiger partial charge in [0.1, 0.15) is 0 Å². The number of nitrogens with one attached hydrogen (secondary N) is 1. The number of thioether (sulfide) groups is 1. The Morgan fingerprint density at radius 3 is 2.70 bits per heavy atom. The van der Waals surface area contributed by atoms with Crippen LogP contribution >= 0.6 is 11.8 Å². The number of ether oxygens (including phenoxy) is 1. The smallest absolute Gasteiger partial charge is 0.165 e. The Hall–Kier alpha value is -1.52. The van der Waals surface area contributed by atoms with Crippen LogP contribution in [0.3, 0.4) is 0 Å². The second-order valence-electron chi connectivity index (χ2n) is 4.44. The zero-order chi connectivity index (χ0) is 14.4. The SMILES string of the molecule is CNCc1cccc(SCc2ccc(OC)c(F)c2)c1. The van der Waals surface area contributed by atoms with Crippen LogP contribution in [0.15, 0.2) is 47.4 Å². The van der Waals surface area contributed by atoms with Gasteiger partial charge < -0.3 is 10.1 Å². The Morgan fingerprint density at radius 1 is 1.15 bits per heavy atom. The summed E-state index contributed by atoms with van der Waals surface area (Å²) in [4.78, 5) is 1.19. The lowest BCUT2D eigenvalue weighted by molar-refractivity contribution is 0.386. The van der Waals surface area contributed by atoms with Crippen molar-refractivity contribution in [3.05, 3.63) is 59.4 Å². The van der Waals surface area contributed by atoms with E-state index in [1.165, 1.54) is 23.6 Å². The van der Waals surface area contributed by atoms with E-state index < -0.39 is 0 Å². The molecule has 0 spiro atoms. The van der Waals surface area contributed by atoms with Gasteiger partial charge in [0.2, 0.25) is 0 Å². The van der Waals surface area contributed by atoms with E-state index in [1.54, 1.807) is 17.8 Å². The van der Waals surface area contributed by atoms with E-state index in [1.807, 2.05) is 19.2 Å². The number of benzene rings is 2. The first-order valence-electron chi connectivity index (χ1n) is 6.41. The Labute approximate surface area is 123 Å². The molecule has 0 amide bonds. The highest BCUT2D eigenvalue weighted by Gasteiger charge is 2.04. The molecule has 0 aromatic heterocycles. The fourth-order valence-electron chi connectivity index (χ4n) is 1.92. The number of hydrogen-bond acceptors (Lipinski definition) is 3. The van der Waals surface area contributed by atoms with Gasteiger partial charge >= 0.3 is 0 Å². The third-order valence-corrected chi connectivity index (χ3v) is 3.97. The van der Waals surface area contributed by atoms with E-state index in [0.717, 1.165) is 17.9 Å². The zero-order valence-corrected chi connectivity index (χ0v) is 12.5. The molecule has 0 aliphatic rings. The lowest BCUT2D eigenvalue weighted by Crippen LogP contribution is -2.04. The van der Waals surface area contributed by atoms with Gasteiger partial charge in [-0.1, -0.05) is 18.2 Å². The summed E-state index contributed by atoms with van der Waals surface area (Å²) in [6, 6.07) is 13.5. The van der Waals surface area contributed by atoms with E-state index in [-0.39, 0.29) is 11.6 Å². The molecule has 0 saturated carbocycles. The predicted molar refractivity (Wildman–Crippen MR) is 81.7 cm³/mol. The summed E-state index contributed by atoms with van der Waals surface area (Å²) in [5, 5.41) is 3.13.